The largest absolute Gasteiger partial charge is 0.490 e. The van der Waals surface area contributed by atoms with Crippen molar-refractivity contribution in [2.24, 2.45) is 0 Å². The van der Waals surface area contributed by atoms with Gasteiger partial charge in [-0.1, -0.05) is 64.1 Å². The zero-order valence-corrected chi connectivity index (χ0v) is 14.3. The molecule has 4 heteroatoms. The molecule has 2 aromatic carbocycles. The van der Waals surface area contributed by atoms with Crippen molar-refractivity contribution in [3.63, 3.8) is 0 Å². The van der Waals surface area contributed by atoms with E-state index in [2.05, 4.69) is 39.8 Å². The smallest absolute Gasteiger partial charge is 0.311 e. The monoisotopic (exact) mass is 313 g/mol. The predicted octanol–water partition coefficient (Wildman–Crippen LogP) is 4.86. The van der Waals surface area contributed by atoms with Gasteiger partial charge >= 0.3 is 5.69 Å². The standard InChI is InChI=1S/C19H23NO3/c1-18(2,14-9-7-6-8-10-14)19(3,4)15-11-12-17(23-5)16(13-15)20(21)22/h6-13H,1-5H3. The van der Waals surface area contributed by atoms with Gasteiger partial charge in [0.05, 0.1) is 12.0 Å². The topological polar surface area (TPSA) is 52.4 Å². The van der Waals surface area contributed by atoms with E-state index in [9.17, 15) is 10.1 Å². The van der Waals surface area contributed by atoms with Gasteiger partial charge in [-0.3, -0.25) is 10.1 Å². The van der Waals surface area contributed by atoms with E-state index in [4.69, 9.17) is 4.74 Å². The fourth-order valence-electron chi connectivity index (χ4n) is 2.80. The zero-order chi connectivity index (χ0) is 17.3. The molecule has 2 rings (SSSR count). The van der Waals surface area contributed by atoms with Crippen LogP contribution in [0.2, 0.25) is 0 Å². The first-order chi connectivity index (χ1) is 10.7. The highest BCUT2D eigenvalue weighted by atomic mass is 16.6. The van der Waals surface area contributed by atoms with Gasteiger partial charge in [0, 0.05) is 6.07 Å². The summed E-state index contributed by atoms with van der Waals surface area (Å²) < 4.78 is 5.10. The van der Waals surface area contributed by atoms with Crippen molar-refractivity contribution in [2.45, 2.75) is 38.5 Å². The van der Waals surface area contributed by atoms with Crippen molar-refractivity contribution in [2.75, 3.05) is 7.11 Å². The van der Waals surface area contributed by atoms with Crippen molar-refractivity contribution in [3.05, 3.63) is 69.8 Å². The quantitative estimate of drug-likeness (QED) is 0.585. The summed E-state index contributed by atoms with van der Waals surface area (Å²) in [6.07, 6.45) is 0. The maximum atomic E-state index is 11.3. The van der Waals surface area contributed by atoms with Gasteiger partial charge in [0.2, 0.25) is 0 Å². The second kappa shape index (κ2) is 6.03. The second-order valence-corrected chi connectivity index (χ2v) is 6.76. The third-order valence-electron chi connectivity index (χ3n) is 5.16. The van der Waals surface area contributed by atoms with E-state index in [0.29, 0.717) is 0 Å². The van der Waals surface area contributed by atoms with Crippen LogP contribution >= 0.6 is 0 Å². The van der Waals surface area contributed by atoms with Crippen LogP contribution in [0, 0.1) is 10.1 Å². The molecule has 4 nitrogen and oxygen atoms in total. The lowest BCUT2D eigenvalue weighted by Gasteiger charge is -2.42. The minimum atomic E-state index is -0.395. The van der Waals surface area contributed by atoms with Gasteiger partial charge in [-0.25, -0.2) is 0 Å². The molecule has 0 saturated carbocycles. The first-order valence-electron chi connectivity index (χ1n) is 7.60. The van der Waals surface area contributed by atoms with E-state index < -0.39 is 4.92 Å². The molecule has 0 radical (unpaired) electrons. The molecule has 0 bridgehead atoms. The van der Waals surface area contributed by atoms with E-state index in [1.165, 1.54) is 12.7 Å². The number of ether oxygens (including phenoxy) is 1. The zero-order valence-electron chi connectivity index (χ0n) is 14.3. The fourth-order valence-corrected chi connectivity index (χ4v) is 2.80. The van der Waals surface area contributed by atoms with Crippen LogP contribution in [0.4, 0.5) is 5.69 Å². The number of hydrogen-bond donors (Lipinski definition) is 0. The molecular weight excluding hydrogens is 290 g/mol. The number of nitro groups is 1. The van der Waals surface area contributed by atoms with Crippen LogP contribution in [0.1, 0.15) is 38.8 Å². The number of benzene rings is 2. The van der Waals surface area contributed by atoms with Crippen molar-refractivity contribution in [1.29, 1.82) is 0 Å². The molecule has 0 amide bonds. The highest BCUT2D eigenvalue weighted by Gasteiger charge is 2.40. The summed E-state index contributed by atoms with van der Waals surface area (Å²) in [5.74, 6) is 0.284. The molecule has 122 valence electrons. The highest BCUT2D eigenvalue weighted by molar-refractivity contribution is 5.51. The summed E-state index contributed by atoms with van der Waals surface area (Å²) in [6.45, 7) is 8.56. The van der Waals surface area contributed by atoms with Crippen LogP contribution in [0.25, 0.3) is 0 Å². The number of rotatable bonds is 5. The van der Waals surface area contributed by atoms with E-state index in [1.54, 1.807) is 12.1 Å². The molecule has 23 heavy (non-hydrogen) atoms. The van der Waals surface area contributed by atoms with E-state index in [-0.39, 0.29) is 22.3 Å². The summed E-state index contributed by atoms with van der Waals surface area (Å²) in [6, 6.07) is 15.4. The van der Waals surface area contributed by atoms with Crippen LogP contribution in [0.5, 0.6) is 5.75 Å². The predicted molar refractivity (Wildman–Crippen MR) is 92.1 cm³/mol. The summed E-state index contributed by atoms with van der Waals surface area (Å²) in [7, 11) is 1.45. The molecule has 0 N–H and O–H groups in total. The average molecular weight is 313 g/mol. The van der Waals surface area contributed by atoms with Crippen LogP contribution in [-0.4, -0.2) is 12.0 Å². The first-order valence-corrected chi connectivity index (χ1v) is 7.60. The van der Waals surface area contributed by atoms with Gasteiger partial charge in [0.1, 0.15) is 0 Å². The maximum absolute atomic E-state index is 11.3. The Hall–Kier alpha value is -2.36. The lowest BCUT2D eigenvalue weighted by Crippen LogP contribution is -2.40. The van der Waals surface area contributed by atoms with E-state index in [1.807, 2.05) is 24.3 Å². The summed E-state index contributed by atoms with van der Waals surface area (Å²) in [5.41, 5.74) is 1.62. The molecule has 0 saturated heterocycles. The number of nitro benzene ring substituents is 1. The Bertz CT molecular complexity index is 706. The molecule has 0 atom stereocenters. The minimum Gasteiger partial charge on any atom is -0.490 e. The van der Waals surface area contributed by atoms with Crippen LogP contribution in [0.15, 0.2) is 48.5 Å². The molecule has 0 aliphatic rings. The molecule has 0 fully saturated rings. The lowest BCUT2D eigenvalue weighted by molar-refractivity contribution is -0.385. The van der Waals surface area contributed by atoms with E-state index in [0.717, 1.165) is 5.56 Å². The molecule has 0 aliphatic carbocycles. The fraction of sp³-hybridized carbons (Fsp3) is 0.368. The van der Waals surface area contributed by atoms with Crippen molar-refractivity contribution < 1.29 is 9.66 Å². The third-order valence-corrected chi connectivity index (χ3v) is 5.16. The van der Waals surface area contributed by atoms with Gasteiger partial charge in [-0.15, -0.1) is 0 Å². The van der Waals surface area contributed by atoms with Gasteiger partial charge in [0.15, 0.2) is 5.75 Å². The Labute approximate surface area is 137 Å². The average Bonchev–Trinajstić information content (AvgIpc) is 2.54. The summed E-state index contributed by atoms with van der Waals surface area (Å²) in [5, 5.41) is 11.3. The third kappa shape index (κ3) is 2.93. The molecule has 0 heterocycles. The maximum Gasteiger partial charge on any atom is 0.311 e. The SMILES string of the molecule is COc1ccc(C(C)(C)C(C)(C)c2ccccc2)cc1[N+](=O)[O-]. The van der Waals surface area contributed by atoms with Crippen LogP contribution in [-0.2, 0) is 10.8 Å². The Balaban J connectivity index is 2.55. The summed E-state index contributed by atoms with van der Waals surface area (Å²) in [4.78, 5) is 10.9. The highest BCUT2D eigenvalue weighted by Crippen LogP contribution is 2.45. The Kier molecular flexibility index (Phi) is 4.46. The molecule has 0 spiro atoms. The molecular formula is C19H23NO3. The summed E-state index contributed by atoms with van der Waals surface area (Å²) >= 11 is 0. The van der Waals surface area contributed by atoms with Crippen molar-refractivity contribution in [1.82, 2.24) is 0 Å². The lowest BCUT2D eigenvalue weighted by atomic mass is 9.61. The van der Waals surface area contributed by atoms with E-state index >= 15 is 0 Å². The molecule has 2 aromatic rings. The van der Waals surface area contributed by atoms with Gasteiger partial charge in [0.25, 0.3) is 0 Å². The van der Waals surface area contributed by atoms with Gasteiger partial charge < -0.3 is 4.74 Å². The Morgan fingerprint density at radius 3 is 2.00 bits per heavy atom. The molecule has 0 unspecified atom stereocenters. The number of nitrogens with zero attached hydrogens (tertiary/aromatic N) is 1. The number of hydrogen-bond acceptors (Lipinski definition) is 3. The second-order valence-electron chi connectivity index (χ2n) is 6.76. The van der Waals surface area contributed by atoms with Gasteiger partial charge in [-0.2, -0.15) is 0 Å². The van der Waals surface area contributed by atoms with Crippen LogP contribution in [0.3, 0.4) is 0 Å². The van der Waals surface area contributed by atoms with Crippen molar-refractivity contribution in [3.8, 4) is 5.75 Å². The number of methoxy groups -OCH3 is 1. The Morgan fingerprint density at radius 2 is 1.48 bits per heavy atom. The minimum absolute atomic E-state index is 0.00179. The van der Waals surface area contributed by atoms with Crippen molar-refractivity contribution >= 4 is 5.69 Å². The first kappa shape index (κ1) is 17.0. The normalized spacial score (nSPS) is 12.0. The Morgan fingerprint density at radius 1 is 0.913 bits per heavy atom. The van der Waals surface area contributed by atoms with Gasteiger partial charge in [-0.05, 0) is 28.0 Å². The van der Waals surface area contributed by atoms with Crippen LogP contribution < -0.4 is 4.74 Å². The molecule has 0 aromatic heterocycles. The molecule has 0 aliphatic heterocycles.